The summed E-state index contributed by atoms with van der Waals surface area (Å²) >= 11 is 0. The van der Waals surface area contributed by atoms with Gasteiger partial charge in [-0.25, -0.2) is 0 Å². The van der Waals surface area contributed by atoms with E-state index in [0.717, 1.165) is 24.2 Å². The molecule has 0 saturated carbocycles. The molecule has 21 heavy (non-hydrogen) atoms. The van der Waals surface area contributed by atoms with Crippen LogP contribution in [0.5, 0.6) is 0 Å². The number of rotatable bonds is 2. The van der Waals surface area contributed by atoms with Gasteiger partial charge in [0.1, 0.15) is 0 Å². The lowest BCUT2D eigenvalue weighted by Crippen LogP contribution is -2.23. The molecule has 0 unspecified atom stereocenters. The first-order valence-corrected chi connectivity index (χ1v) is 7.18. The summed E-state index contributed by atoms with van der Waals surface area (Å²) in [4.78, 5) is 13.7. The fraction of sp³-hybridized carbons (Fsp3) is 0.211. The monoisotopic (exact) mass is 275 g/mol. The van der Waals surface area contributed by atoms with Crippen molar-refractivity contribution in [3.05, 3.63) is 59.2 Å². The average molecular weight is 275 g/mol. The highest BCUT2D eigenvalue weighted by Crippen LogP contribution is 2.29. The molecule has 0 radical (unpaired) electrons. The summed E-state index contributed by atoms with van der Waals surface area (Å²) < 4.78 is 0. The minimum Gasteiger partial charge on any atom is -0.334 e. The lowest BCUT2D eigenvalue weighted by Gasteiger charge is -2.13. The van der Waals surface area contributed by atoms with E-state index in [4.69, 9.17) is 6.42 Å². The third kappa shape index (κ3) is 2.55. The molecule has 1 heterocycles. The van der Waals surface area contributed by atoms with E-state index < -0.39 is 0 Å². The molecule has 0 aromatic heterocycles. The van der Waals surface area contributed by atoms with Gasteiger partial charge in [0, 0.05) is 25.1 Å². The number of carbonyl (C=O) groups excluding carboxylic acids is 1. The Labute approximate surface area is 125 Å². The zero-order valence-corrected chi connectivity index (χ0v) is 12.1. The van der Waals surface area contributed by atoms with E-state index in [1.807, 2.05) is 36.1 Å². The van der Waals surface area contributed by atoms with E-state index in [9.17, 15) is 4.79 Å². The van der Waals surface area contributed by atoms with Gasteiger partial charge in [-0.1, -0.05) is 37.1 Å². The molecular weight excluding hydrogens is 258 g/mol. The molecule has 0 saturated heterocycles. The molecule has 0 fully saturated rings. The van der Waals surface area contributed by atoms with Crippen LogP contribution in [0.1, 0.15) is 30.0 Å². The minimum atomic E-state index is 0.214. The van der Waals surface area contributed by atoms with Gasteiger partial charge in [0.05, 0.1) is 0 Å². The maximum atomic E-state index is 11.8. The zero-order valence-electron chi connectivity index (χ0n) is 12.1. The Morgan fingerprint density at radius 2 is 1.76 bits per heavy atom. The molecule has 0 bridgehead atoms. The van der Waals surface area contributed by atoms with Crippen LogP contribution in [-0.2, 0) is 17.9 Å². The van der Waals surface area contributed by atoms with Crippen LogP contribution in [0.15, 0.2) is 42.5 Å². The number of carbonyl (C=O) groups is 1. The van der Waals surface area contributed by atoms with Crippen molar-refractivity contribution in [3.63, 3.8) is 0 Å². The Morgan fingerprint density at radius 1 is 1.10 bits per heavy atom. The van der Waals surface area contributed by atoms with E-state index in [2.05, 4.69) is 24.1 Å². The summed E-state index contributed by atoms with van der Waals surface area (Å²) in [7, 11) is 0. The fourth-order valence-corrected chi connectivity index (χ4v) is 2.73. The molecule has 2 nitrogen and oxygen atoms in total. The smallest absolute Gasteiger partial charge is 0.222 e. The molecule has 3 rings (SSSR count). The van der Waals surface area contributed by atoms with Crippen LogP contribution in [0.4, 0.5) is 0 Å². The molecule has 1 aliphatic rings. The van der Waals surface area contributed by atoms with Crippen LogP contribution in [-0.4, -0.2) is 10.8 Å². The molecule has 1 amide bonds. The quantitative estimate of drug-likeness (QED) is 0.767. The molecular formula is C19H17NO. The first-order chi connectivity index (χ1) is 10.2. The molecule has 0 N–H and O–H groups in total. The number of nitrogens with zero attached hydrogens (tertiary/aromatic N) is 1. The Hall–Kier alpha value is -2.53. The van der Waals surface area contributed by atoms with Crippen molar-refractivity contribution in [1.29, 1.82) is 0 Å². The maximum absolute atomic E-state index is 11.8. The van der Waals surface area contributed by atoms with E-state index in [0.29, 0.717) is 6.42 Å². The van der Waals surface area contributed by atoms with Crippen LogP contribution in [0.25, 0.3) is 11.1 Å². The number of benzene rings is 2. The first kappa shape index (κ1) is 13.5. The number of amides is 1. The number of hydrogen-bond donors (Lipinski definition) is 0. The van der Waals surface area contributed by atoms with Gasteiger partial charge in [0.2, 0.25) is 5.91 Å². The summed E-state index contributed by atoms with van der Waals surface area (Å²) in [6, 6.07) is 14.4. The molecule has 0 aliphatic carbocycles. The van der Waals surface area contributed by atoms with Crippen LogP contribution in [0.2, 0.25) is 0 Å². The summed E-state index contributed by atoms with van der Waals surface area (Å²) in [5.41, 5.74) is 5.70. The predicted molar refractivity (Wildman–Crippen MR) is 84.4 cm³/mol. The van der Waals surface area contributed by atoms with Gasteiger partial charge >= 0.3 is 0 Å². The molecule has 1 aliphatic heterocycles. The van der Waals surface area contributed by atoms with E-state index in [-0.39, 0.29) is 5.91 Å². The van der Waals surface area contributed by atoms with Gasteiger partial charge in [-0.15, -0.1) is 6.42 Å². The van der Waals surface area contributed by atoms with Crippen molar-refractivity contribution >= 4 is 5.91 Å². The predicted octanol–water partition coefficient (Wildman–Crippen LogP) is 3.59. The molecule has 104 valence electrons. The van der Waals surface area contributed by atoms with Gasteiger partial charge in [-0.05, 0) is 40.5 Å². The van der Waals surface area contributed by atoms with E-state index in [1.54, 1.807) is 0 Å². The van der Waals surface area contributed by atoms with Gasteiger partial charge in [-0.2, -0.15) is 0 Å². The standard InChI is InChI=1S/C19H17NO/c1-3-14-5-7-15(8-6-14)16-9-10-17-12-20(19(21)4-2)13-18(17)11-16/h1,5-11H,4,12-13H2,2H3. The summed E-state index contributed by atoms with van der Waals surface area (Å²) in [5.74, 6) is 2.84. The number of hydrogen-bond acceptors (Lipinski definition) is 1. The summed E-state index contributed by atoms with van der Waals surface area (Å²) in [5, 5.41) is 0. The summed E-state index contributed by atoms with van der Waals surface area (Å²) in [6.45, 7) is 3.36. The highest BCUT2D eigenvalue weighted by Gasteiger charge is 2.22. The highest BCUT2D eigenvalue weighted by molar-refractivity contribution is 5.77. The normalized spacial score (nSPS) is 12.9. The molecule has 2 aromatic rings. The molecule has 2 heteroatoms. The molecule has 2 aromatic carbocycles. The second-order valence-electron chi connectivity index (χ2n) is 5.31. The lowest BCUT2D eigenvalue weighted by atomic mass is 10.00. The Bertz CT molecular complexity index is 722. The minimum absolute atomic E-state index is 0.214. The lowest BCUT2D eigenvalue weighted by molar-refractivity contribution is -0.131. The fourth-order valence-electron chi connectivity index (χ4n) is 2.73. The van der Waals surface area contributed by atoms with Crippen LogP contribution in [0.3, 0.4) is 0 Å². The van der Waals surface area contributed by atoms with E-state index in [1.165, 1.54) is 16.7 Å². The highest BCUT2D eigenvalue weighted by atomic mass is 16.2. The third-order valence-corrected chi connectivity index (χ3v) is 3.97. The second-order valence-corrected chi connectivity index (χ2v) is 5.31. The Balaban J connectivity index is 1.88. The SMILES string of the molecule is C#Cc1ccc(-c2ccc3c(c2)CN(C(=O)CC)C3)cc1. The Kier molecular flexibility index (Phi) is 3.50. The third-order valence-electron chi connectivity index (χ3n) is 3.97. The first-order valence-electron chi connectivity index (χ1n) is 7.18. The topological polar surface area (TPSA) is 20.3 Å². The van der Waals surface area contributed by atoms with Crippen molar-refractivity contribution in [2.24, 2.45) is 0 Å². The van der Waals surface area contributed by atoms with Crippen molar-refractivity contribution in [1.82, 2.24) is 4.90 Å². The van der Waals surface area contributed by atoms with Gasteiger partial charge in [-0.3, -0.25) is 4.79 Å². The van der Waals surface area contributed by atoms with Gasteiger partial charge in [0.25, 0.3) is 0 Å². The van der Waals surface area contributed by atoms with Crippen LogP contribution in [0, 0.1) is 12.3 Å². The van der Waals surface area contributed by atoms with Crippen molar-refractivity contribution < 1.29 is 4.79 Å². The van der Waals surface area contributed by atoms with Crippen molar-refractivity contribution in [3.8, 4) is 23.5 Å². The average Bonchev–Trinajstić information content (AvgIpc) is 2.97. The van der Waals surface area contributed by atoms with Crippen LogP contribution < -0.4 is 0 Å². The van der Waals surface area contributed by atoms with Crippen molar-refractivity contribution in [2.75, 3.05) is 0 Å². The molecule has 0 atom stereocenters. The largest absolute Gasteiger partial charge is 0.334 e. The number of terminal acetylenes is 1. The van der Waals surface area contributed by atoms with E-state index >= 15 is 0 Å². The Morgan fingerprint density at radius 3 is 2.43 bits per heavy atom. The summed E-state index contributed by atoms with van der Waals surface area (Å²) in [6.07, 6.45) is 5.95. The van der Waals surface area contributed by atoms with Gasteiger partial charge < -0.3 is 4.90 Å². The van der Waals surface area contributed by atoms with Crippen LogP contribution >= 0.6 is 0 Å². The number of fused-ring (bicyclic) bond motifs is 1. The zero-order chi connectivity index (χ0) is 14.8. The van der Waals surface area contributed by atoms with Gasteiger partial charge in [0.15, 0.2) is 0 Å². The second kappa shape index (κ2) is 5.46. The van der Waals surface area contributed by atoms with Crippen molar-refractivity contribution in [2.45, 2.75) is 26.4 Å². The maximum Gasteiger partial charge on any atom is 0.222 e. The molecule has 0 spiro atoms.